The summed E-state index contributed by atoms with van der Waals surface area (Å²) in [4.78, 5) is 4.27. The molecule has 0 aliphatic heterocycles. The topological polar surface area (TPSA) is 26.0 Å². The van der Waals surface area contributed by atoms with E-state index in [0.29, 0.717) is 11.8 Å². The highest BCUT2D eigenvalue weighted by atomic mass is 16.4. The molecule has 0 radical (unpaired) electrons. The molecule has 0 N–H and O–H groups in total. The fourth-order valence-corrected chi connectivity index (χ4v) is 1.38. The lowest BCUT2D eigenvalue weighted by atomic mass is 10.1. The molecule has 0 bridgehead atoms. The molecule has 0 amide bonds. The van der Waals surface area contributed by atoms with Crippen molar-refractivity contribution in [2.75, 3.05) is 0 Å². The molecule has 2 aromatic rings. The molecule has 78 valence electrons. The third-order valence-corrected chi connectivity index (χ3v) is 2.39. The molecule has 0 unspecified atom stereocenters. The molecule has 2 rings (SSSR count). The number of oxazole rings is 1. The van der Waals surface area contributed by atoms with Crippen LogP contribution < -0.4 is 0 Å². The van der Waals surface area contributed by atoms with Crippen molar-refractivity contribution < 1.29 is 4.42 Å². The highest BCUT2D eigenvalue weighted by Gasteiger charge is 2.08. The van der Waals surface area contributed by atoms with Crippen molar-refractivity contribution in [3.05, 3.63) is 41.8 Å². The van der Waals surface area contributed by atoms with Gasteiger partial charge in [0.1, 0.15) is 5.76 Å². The fraction of sp³-hybridized carbons (Fsp3) is 0.308. The molecular formula is C13H15NO. The SMILES string of the molecule is Cc1ccc(-c2ncc(C(C)C)o2)cc1. The number of hydrogen-bond donors (Lipinski definition) is 0. The Morgan fingerprint density at radius 2 is 1.80 bits per heavy atom. The van der Waals surface area contributed by atoms with E-state index >= 15 is 0 Å². The highest BCUT2D eigenvalue weighted by Crippen LogP contribution is 2.23. The monoisotopic (exact) mass is 201 g/mol. The average Bonchev–Trinajstić information content (AvgIpc) is 2.68. The molecule has 0 spiro atoms. The summed E-state index contributed by atoms with van der Waals surface area (Å²) in [6.07, 6.45) is 1.81. The van der Waals surface area contributed by atoms with Crippen LogP contribution in [-0.2, 0) is 0 Å². The van der Waals surface area contributed by atoms with Crippen molar-refractivity contribution in [3.63, 3.8) is 0 Å². The predicted molar refractivity (Wildman–Crippen MR) is 60.8 cm³/mol. The van der Waals surface area contributed by atoms with Gasteiger partial charge in [-0.05, 0) is 19.1 Å². The van der Waals surface area contributed by atoms with E-state index in [1.165, 1.54) is 5.56 Å². The molecule has 2 heteroatoms. The predicted octanol–water partition coefficient (Wildman–Crippen LogP) is 3.77. The molecule has 1 aromatic heterocycles. The van der Waals surface area contributed by atoms with E-state index in [1.54, 1.807) is 6.20 Å². The van der Waals surface area contributed by atoms with Gasteiger partial charge >= 0.3 is 0 Å². The normalized spacial score (nSPS) is 10.9. The average molecular weight is 201 g/mol. The van der Waals surface area contributed by atoms with Gasteiger partial charge in [0, 0.05) is 11.5 Å². The molecule has 0 saturated carbocycles. The Morgan fingerprint density at radius 1 is 1.13 bits per heavy atom. The van der Waals surface area contributed by atoms with Crippen LogP contribution in [0.1, 0.15) is 31.1 Å². The number of hydrogen-bond acceptors (Lipinski definition) is 2. The summed E-state index contributed by atoms with van der Waals surface area (Å²) in [5.74, 6) is 2.03. The van der Waals surface area contributed by atoms with Gasteiger partial charge in [-0.25, -0.2) is 4.98 Å². The van der Waals surface area contributed by atoms with Crippen LogP contribution in [0.25, 0.3) is 11.5 Å². The molecular weight excluding hydrogens is 186 g/mol. The van der Waals surface area contributed by atoms with Crippen LogP contribution in [-0.4, -0.2) is 4.98 Å². The first kappa shape index (κ1) is 9.97. The lowest BCUT2D eigenvalue weighted by molar-refractivity contribution is 0.495. The zero-order valence-electron chi connectivity index (χ0n) is 9.32. The van der Waals surface area contributed by atoms with Gasteiger partial charge in [-0.1, -0.05) is 31.5 Å². The summed E-state index contributed by atoms with van der Waals surface area (Å²) in [7, 11) is 0. The quantitative estimate of drug-likeness (QED) is 0.739. The third-order valence-electron chi connectivity index (χ3n) is 2.39. The maximum atomic E-state index is 5.66. The largest absolute Gasteiger partial charge is 0.441 e. The summed E-state index contributed by atoms with van der Waals surface area (Å²) in [6.45, 7) is 6.26. The summed E-state index contributed by atoms with van der Waals surface area (Å²) in [6, 6.07) is 8.19. The van der Waals surface area contributed by atoms with Crippen molar-refractivity contribution in [3.8, 4) is 11.5 Å². The second-order valence-corrected chi connectivity index (χ2v) is 4.09. The zero-order valence-corrected chi connectivity index (χ0v) is 9.32. The number of nitrogens with zero attached hydrogens (tertiary/aromatic N) is 1. The van der Waals surface area contributed by atoms with E-state index in [2.05, 4.69) is 37.9 Å². The van der Waals surface area contributed by atoms with Crippen LogP contribution in [0.3, 0.4) is 0 Å². The van der Waals surface area contributed by atoms with E-state index in [0.717, 1.165) is 11.3 Å². The fourth-order valence-electron chi connectivity index (χ4n) is 1.38. The standard InChI is InChI=1S/C13H15NO/c1-9(2)12-8-14-13(15-12)11-6-4-10(3)5-7-11/h4-9H,1-3H3. The molecule has 1 aromatic carbocycles. The van der Waals surface area contributed by atoms with Gasteiger partial charge in [-0.15, -0.1) is 0 Å². The van der Waals surface area contributed by atoms with Crippen LogP contribution >= 0.6 is 0 Å². The lowest BCUT2D eigenvalue weighted by Gasteiger charge is -1.98. The molecule has 2 nitrogen and oxygen atoms in total. The van der Waals surface area contributed by atoms with E-state index in [1.807, 2.05) is 12.1 Å². The van der Waals surface area contributed by atoms with E-state index in [9.17, 15) is 0 Å². The van der Waals surface area contributed by atoms with Gasteiger partial charge in [-0.3, -0.25) is 0 Å². The first-order valence-electron chi connectivity index (χ1n) is 5.19. The second-order valence-electron chi connectivity index (χ2n) is 4.09. The van der Waals surface area contributed by atoms with Crippen molar-refractivity contribution in [2.24, 2.45) is 0 Å². The Labute approximate surface area is 90.0 Å². The van der Waals surface area contributed by atoms with Crippen molar-refractivity contribution in [2.45, 2.75) is 26.7 Å². The maximum absolute atomic E-state index is 5.66. The third kappa shape index (κ3) is 2.09. The smallest absolute Gasteiger partial charge is 0.226 e. The Balaban J connectivity index is 2.33. The number of aromatic nitrogens is 1. The molecule has 1 heterocycles. The van der Waals surface area contributed by atoms with E-state index in [4.69, 9.17) is 4.42 Å². The van der Waals surface area contributed by atoms with Gasteiger partial charge in [0.25, 0.3) is 0 Å². The molecule has 0 saturated heterocycles. The maximum Gasteiger partial charge on any atom is 0.226 e. The van der Waals surface area contributed by atoms with Gasteiger partial charge in [0.05, 0.1) is 6.20 Å². The second kappa shape index (κ2) is 3.89. The highest BCUT2D eigenvalue weighted by molar-refractivity contribution is 5.53. The minimum Gasteiger partial charge on any atom is -0.441 e. The summed E-state index contributed by atoms with van der Waals surface area (Å²) >= 11 is 0. The summed E-state index contributed by atoms with van der Waals surface area (Å²) in [5, 5.41) is 0. The first-order valence-corrected chi connectivity index (χ1v) is 5.19. The van der Waals surface area contributed by atoms with Crippen LogP contribution in [0.15, 0.2) is 34.9 Å². The van der Waals surface area contributed by atoms with E-state index in [-0.39, 0.29) is 0 Å². The van der Waals surface area contributed by atoms with Crippen LogP contribution in [0.2, 0.25) is 0 Å². The minimum absolute atomic E-state index is 0.386. The summed E-state index contributed by atoms with van der Waals surface area (Å²) < 4.78 is 5.66. The first-order chi connectivity index (χ1) is 7.16. The minimum atomic E-state index is 0.386. The molecule has 0 aliphatic carbocycles. The van der Waals surface area contributed by atoms with Gasteiger partial charge in [-0.2, -0.15) is 0 Å². The molecule has 15 heavy (non-hydrogen) atoms. The van der Waals surface area contributed by atoms with Crippen LogP contribution in [0.5, 0.6) is 0 Å². The van der Waals surface area contributed by atoms with Gasteiger partial charge in [0.2, 0.25) is 5.89 Å². The van der Waals surface area contributed by atoms with Crippen molar-refractivity contribution >= 4 is 0 Å². The Morgan fingerprint density at radius 3 is 2.33 bits per heavy atom. The Kier molecular flexibility index (Phi) is 2.58. The zero-order chi connectivity index (χ0) is 10.8. The van der Waals surface area contributed by atoms with Crippen LogP contribution in [0.4, 0.5) is 0 Å². The van der Waals surface area contributed by atoms with Gasteiger partial charge in [0.15, 0.2) is 0 Å². The molecule has 0 fully saturated rings. The Bertz CT molecular complexity index is 440. The van der Waals surface area contributed by atoms with Crippen molar-refractivity contribution in [1.82, 2.24) is 4.98 Å². The lowest BCUT2D eigenvalue weighted by Crippen LogP contribution is -1.80. The number of aryl methyl sites for hydroxylation is 1. The Hall–Kier alpha value is -1.57. The van der Waals surface area contributed by atoms with Crippen molar-refractivity contribution in [1.29, 1.82) is 0 Å². The molecule has 0 atom stereocenters. The van der Waals surface area contributed by atoms with E-state index < -0.39 is 0 Å². The van der Waals surface area contributed by atoms with Crippen LogP contribution in [0, 0.1) is 6.92 Å². The van der Waals surface area contributed by atoms with Gasteiger partial charge < -0.3 is 4.42 Å². The number of benzene rings is 1. The number of rotatable bonds is 2. The summed E-state index contributed by atoms with van der Waals surface area (Å²) in [5.41, 5.74) is 2.28. The molecule has 0 aliphatic rings.